The molecule has 3 aromatic rings. The molecule has 0 atom stereocenters. The molecule has 0 aliphatic heterocycles. The Morgan fingerprint density at radius 1 is 1.13 bits per heavy atom. The first-order valence-corrected chi connectivity index (χ1v) is 9.12. The van der Waals surface area contributed by atoms with E-state index in [0.717, 1.165) is 18.3 Å². The van der Waals surface area contributed by atoms with Gasteiger partial charge in [-0.2, -0.15) is 18.3 Å². The van der Waals surface area contributed by atoms with E-state index in [0.29, 0.717) is 11.4 Å². The van der Waals surface area contributed by atoms with Crippen molar-refractivity contribution < 1.29 is 22.8 Å². The largest absolute Gasteiger partial charge is 0.416 e. The second-order valence-electron chi connectivity index (χ2n) is 7.01. The fourth-order valence-corrected chi connectivity index (χ4v) is 2.92. The summed E-state index contributed by atoms with van der Waals surface area (Å²) < 4.78 is 39.7. The molecule has 2 amide bonds. The molecule has 5 N–H and O–H groups in total. The number of halogens is 3. The molecule has 3 rings (SSSR count). The molecule has 2 heterocycles. The number of anilines is 2. The van der Waals surface area contributed by atoms with Gasteiger partial charge in [-0.15, -0.1) is 0 Å². The number of aromatic nitrogens is 3. The summed E-state index contributed by atoms with van der Waals surface area (Å²) >= 11 is 0. The third-order valence-electron chi connectivity index (χ3n) is 4.43. The van der Waals surface area contributed by atoms with Gasteiger partial charge in [-0.3, -0.25) is 9.59 Å². The molecular formula is C20H19F3N6O2. The summed E-state index contributed by atoms with van der Waals surface area (Å²) in [6.45, 7) is 3.73. The van der Waals surface area contributed by atoms with Gasteiger partial charge < -0.3 is 16.8 Å². The first-order chi connectivity index (χ1) is 14.5. The zero-order valence-corrected chi connectivity index (χ0v) is 16.6. The van der Waals surface area contributed by atoms with Crippen LogP contribution in [0.5, 0.6) is 0 Å². The highest BCUT2D eigenvalue weighted by molar-refractivity contribution is 6.04. The predicted molar refractivity (Wildman–Crippen MR) is 108 cm³/mol. The van der Waals surface area contributed by atoms with Crippen molar-refractivity contribution in [2.75, 3.05) is 11.1 Å². The second kappa shape index (κ2) is 8.09. The quantitative estimate of drug-likeness (QED) is 0.570. The summed E-state index contributed by atoms with van der Waals surface area (Å²) in [5, 5.41) is 6.67. The zero-order chi connectivity index (χ0) is 22.9. The van der Waals surface area contributed by atoms with Crippen LogP contribution < -0.4 is 16.8 Å². The minimum absolute atomic E-state index is 0.0223. The van der Waals surface area contributed by atoms with Gasteiger partial charge in [0, 0.05) is 11.8 Å². The number of carbonyl (C=O) groups excluding carboxylic acids is 2. The lowest BCUT2D eigenvalue weighted by Crippen LogP contribution is -2.18. The lowest BCUT2D eigenvalue weighted by atomic mass is 10.1. The molecule has 1 aromatic carbocycles. The van der Waals surface area contributed by atoms with Crippen molar-refractivity contribution in [2.24, 2.45) is 5.73 Å². The first kappa shape index (κ1) is 21.8. The Morgan fingerprint density at radius 3 is 2.32 bits per heavy atom. The van der Waals surface area contributed by atoms with Crippen LogP contribution in [0.4, 0.5) is 24.7 Å². The Balaban J connectivity index is 1.87. The van der Waals surface area contributed by atoms with E-state index >= 15 is 0 Å². The third-order valence-corrected chi connectivity index (χ3v) is 4.43. The Bertz CT molecular complexity index is 1140. The maximum Gasteiger partial charge on any atom is 0.416 e. The maximum absolute atomic E-state index is 12.8. The molecule has 0 radical (unpaired) electrons. The molecule has 0 fully saturated rings. The fourth-order valence-electron chi connectivity index (χ4n) is 2.92. The number of nitrogen functional groups attached to an aromatic ring is 1. The Kier molecular flexibility index (Phi) is 5.69. The van der Waals surface area contributed by atoms with E-state index in [1.165, 1.54) is 28.9 Å². The number of rotatable bonds is 5. The fraction of sp³-hybridized carbons (Fsp3) is 0.200. The normalized spacial score (nSPS) is 11.5. The first-order valence-electron chi connectivity index (χ1n) is 9.12. The predicted octanol–water partition coefficient (Wildman–Crippen LogP) is 3.34. The number of nitrogens with two attached hydrogens (primary N) is 2. The molecular weight excluding hydrogens is 413 g/mol. The molecule has 2 aromatic heterocycles. The zero-order valence-electron chi connectivity index (χ0n) is 16.6. The SMILES string of the molecule is CC(C)c1nn(-c2ccc(C(=O)Nc3cc(C(F)(F)F)ccn3)cc2)c(C(N)=O)c1N. The summed E-state index contributed by atoms with van der Waals surface area (Å²) in [5.41, 5.74) is 11.8. The molecule has 0 unspecified atom stereocenters. The highest BCUT2D eigenvalue weighted by Crippen LogP contribution is 2.30. The van der Waals surface area contributed by atoms with E-state index < -0.39 is 23.6 Å². The van der Waals surface area contributed by atoms with Crippen LogP contribution in [-0.4, -0.2) is 26.6 Å². The lowest BCUT2D eigenvalue weighted by molar-refractivity contribution is -0.137. The number of amides is 2. The van der Waals surface area contributed by atoms with Crippen LogP contribution >= 0.6 is 0 Å². The van der Waals surface area contributed by atoms with Gasteiger partial charge in [0.2, 0.25) is 0 Å². The number of benzene rings is 1. The smallest absolute Gasteiger partial charge is 0.395 e. The van der Waals surface area contributed by atoms with Gasteiger partial charge in [-0.1, -0.05) is 13.8 Å². The van der Waals surface area contributed by atoms with Crippen LogP contribution in [0.2, 0.25) is 0 Å². The summed E-state index contributed by atoms with van der Waals surface area (Å²) in [6, 6.07) is 7.42. The van der Waals surface area contributed by atoms with Crippen molar-refractivity contribution in [2.45, 2.75) is 25.9 Å². The van der Waals surface area contributed by atoms with Gasteiger partial charge in [0.1, 0.15) is 5.82 Å². The summed E-state index contributed by atoms with van der Waals surface area (Å²) in [6.07, 6.45) is -3.59. The lowest BCUT2D eigenvalue weighted by Gasteiger charge is -2.10. The van der Waals surface area contributed by atoms with E-state index in [2.05, 4.69) is 15.4 Å². The van der Waals surface area contributed by atoms with Gasteiger partial charge in [0.05, 0.1) is 22.6 Å². The molecule has 0 aliphatic carbocycles. The highest BCUT2D eigenvalue weighted by atomic mass is 19.4. The molecule has 0 aliphatic rings. The van der Waals surface area contributed by atoms with Gasteiger partial charge in [0.25, 0.3) is 11.8 Å². The van der Waals surface area contributed by atoms with Crippen LogP contribution in [0.25, 0.3) is 5.69 Å². The number of pyridine rings is 1. The minimum Gasteiger partial charge on any atom is -0.395 e. The van der Waals surface area contributed by atoms with E-state index in [-0.39, 0.29) is 28.7 Å². The van der Waals surface area contributed by atoms with E-state index in [1.54, 1.807) is 0 Å². The average molecular weight is 432 g/mol. The summed E-state index contributed by atoms with van der Waals surface area (Å²) in [4.78, 5) is 28.0. The molecule has 0 saturated carbocycles. The van der Waals surface area contributed by atoms with Crippen molar-refractivity contribution in [3.8, 4) is 5.69 Å². The molecule has 0 bridgehead atoms. The average Bonchev–Trinajstić information content (AvgIpc) is 3.05. The molecule has 8 nitrogen and oxygen atoms in total. The van der Waals surface area contributed by atoms with Crippen molar-refractivity contribution in [1.82, 2.24) is 14.8 Å². The molecule has 0 spiro atoms. The minimum atomic E-state index is -4.55. The van der Waals surface area contributed by atoms with Crippen molar-refractivity contribution in [1.29, 1.82) is 0 Å². The standard InChI is InChI=1S/C20H19F3N6O2/c1-10(2)16-15(24)17(18(25)30)29(28-16)13-5-3-11(4-6-13)19(31)27-14-9-12(7-8-26-14)20(21,22)23/h3-10H,24H2,1-2H3,(H2,25,30)(H,26,27,31). The van der Waals surface area contributed by atoms with Gasteiger partial charge >= 0.3 is 6.18 Å². The number of nitrogens with zero attached hydrogens (tertiary/aromatic N) is 3. The number of alkyl halides is 3. The van der Waals surface area contributed by atoms with E-state index in [1.807, 2.05) is 13.8 Å². The Hall–Kier alpha value is -3.89. The molecule has 31 heavy (non-hydrogen) atoms. The van der Waals surface area contributed by atoms with Crippen LogP contribution in [0, 0.1) is 0 Å². The number of primary amides is 1. The Morgan fingerprint density at radius 2 is 1.77 bits per heavy atom. The van der Waals surface area contributed by atoms with Crippen molar-refractivity contribution >= 4 is 23.3 Å². The number of hydrogen-bond acceptors (Lipinski definition) is 5. The highest BCUT2D eigenvalue weighted by Gasteiger charge is 2.31. The van der Waals surface area contributed by atoms with Crippen LogP contribution in [0.1, 0.15) is 51.9 Å². The second-order valence-corrected chi connectivity index (χ2v) is 7.01. The molecule has 0 saturated heterocycles. The van der Waals surface area contributed by atoms with Crippen molar-refractivity contribution in [3.05, 3.63) is 65.1 Å². The Labute approximate surface area is 175 Å². The van der Waals surface area contributed by atoms with E-state index in [4.69, 9.17) is 11.5 Å². The van der Waals surface area contributed by atoms with Gasteiger partial charge in [-0.25, -0.2) is 9.67 Å². The molecule has 162 valence electrons. The summed E-state index contributed by atoms with van der Waals surface area (Å²) in [7, 11) is 0. The topological polar surface area (TPSA) is 129 Å². The van der Waals surface area contributed by atoms with E-state index in [9.17, 15) is 22.8 Å². The number of hydrogen-bond donors (Lipinski definition) is 3. The van der Waals surface area contributed by atoms with Gasteiger partial charge in [0.15, 0.2) is 5.69 Å². The van der Waals surface area contributed by atoms with Crippen LogP contribution in [0.15, 0.2) is 42.6 Å². The third kappa shape index (κ3) is 4.49. The monoisotopic (exact) mass is 432 g/mol. The van der Waals surface area contributed by atoms with Crippen molar-refractivity contribution in [3.63, 3.8) is 0 Å². The maximum atomic E-state index is 12.8. The summed E-state index contributed by atoms with van der Waals surface area (Å²) in [5.74, 6) is -1.70. The molecule has 11 heteroatoms. The van der Waals surface area contributed by atoms with Crippen LogP contribution in [-0.2, 0) is 6.18 Å². The van der Waals surface area contributed by atoms with Gasteiger partial charge in [-0.05, 0) is 42.3 Å². The number of nitrogens with one attached hydrogen (secondary N) is 1. The van der Waals surface area contributed by atoms with Crippen LogP contribution in [0.3, 0.4) is 0 Å². The number of carbonyl (C=O) groups is 2.